The van der Waals surface area contributed by atoms with Crippen LogP contribution in [0, 0.1) is 0 Å². The van der Waals surface area contributed by atoms with Crippen molar-refractivity contribution in [2.24, 2.45) is 7.05 Å². The molecule has 2 aromatic heterocycles. The van der Waals surface area contributed by atoms with Crippen molar-refractivity contribution >= 4 is 34.3 Å². The first kappa shape index (κ1) is 17.2. The minimum atomic E-state index is -0.195. The van der Waals surface area contributed by atoms with Crippen LogP contribution in [0.25, 0.3) is 22.6 Å². The molecular weight excluding hydrogens is 364 g/mol. The van der Waals surface area contributed by atoms with Gasteiger partial charge in [0.2, 0.25) is 5.91 Å². The molecule has 0 aliphatic carbocycles. The van der Waals surface area contributed by atoms with Crippen LogP contribution < -0.4 is 5.32 Å². The van der Waals surface area contributed by atoms with Gasteiger partial charge in [0.1, 0.15) is 11.3 Å². The third-order valence-electron chi connectivity index (χ3n) is 3.94. The van der Waals surface area contributed by atoms with Gasteiger partial charge in [-0.05, 0) is 24.3 Å². The molecule has 4 rings (SSSR count). The molecule has 0 radical (unpaired) electrons. The number of phenolic OH excluding ortho intramolecular Hbond substituents is 1. The minimum Gasteiger partial charge on any atom is -0.508 e. The summed E-state index contributed by atoms with van der Waals surface area (Å²) in [6.07, 6.45) is 0. The third-order valence-corrected chi connectivity index (χ3v) is 4.96. The molecule has 27 heavy (non-hydrogen) atoms. The highest BCUT2D eigenvalue weighted by atomic mass is 32.2. The molecule has 2 heterocycles. The number of carbonyl (C=O) groups is 1. The van der Waals surface area contributed by atoms with Gasteiger partial charge in [-0.25, -0.2) is 0 Å². The van der Waals surface area contributed by atoms with Crippen molar-refractivity contribution < 1.29 is 14.3 Å². The summed E-state index contributed by atoms with van der Waals surface area (Å²) in [5, 5.41) is 22.1. The van der Waals surface area contributed by atoms with Gasteiger partial charge in [-0.2, -0.15) is 0 Å². The number of aromatic nitrogens is 3. The smallest absolute Gasteiger partial charge is 0.234 e. The summed E-state index contributed by atoms with van der Waals surface area (Å²) in [7, 11) is 1.83. The second-order valence-electron chi connectivity index (χ2n) is 5.90. The fourth-order valence-electron chi connectivity index (χ4n) is 2.66. The second-order valence-corrected chi connectivity index (χ2v) is 6.84. The van der Waals surface area contributed by atoms with Gasteiger partial charge >= 0.3 is 0 Å². The number of fused-ring (bicyclic) bond motifs is 1. The van der Waals surface area contributed by atoms with E-state index in [1.54, 1.807) is 22.8 Å². The van der Waals surface area contributed by atoms with Gasteiger partial charge in [0.15, 0.2) is 16.7 Å². The van der Waals surface area contributed by atoms with Crippen LogP contribution >= 0.6 is 11.8 Å². The molecule has 0 spiro atoms. The van der Waals surface area contributed by atoms with Crippen LogP contribution in [-0.2, 0) is 11.8 Å². The maximum atomic E-state index is 12.1. The molecule has 0 atom stereocenters. The number of amides is 1. The molecule has 8 heteroatoms. The van der Waals surface area contributed by atoms with Gasteiger partial charge in [-0.1, -0.05) is 36.0 Å². The Labute approximate surface area is 159 Å². The summed E-state index contributed by atoms with van der Waals surface area (Å²) in [4.78, 5) is 12.1. The van der Waals surface area contributed by atoms with Crippen molar-refractivity contribution in [3.05, 3.63) is 54.6 Å². The number of carbonyl (C=O) groups excluding carboxylic acids is 1. The fourth-order valence-corrected chi connectivity index (χ4v) is 3.37. The number of aromatic hydroxyl groups is 1. The molecule has 0 fully saturated rings. The summed E-state index contributed by atoms with van der Waals surface area (Å²) >= 11 is 1.27. The van der Waals surface area contributed by atoms with Gasteiger partial charge in [0, 0.05) is 24.2 Å². The predicted molar refractivity (Wildman–Crippen MR) is 104 cm³/mol. The number of hydrogen-bond acceptors (Lipinski definition) is 6. The topological polar surface area (TPSA) is 93.2 Å². The number of furan rings is 1. The molecule has 2 N–H and O–H groups in total. The summed E-state index contributed by atoms with van der Waals surface area (Å²) in [5.41, 5.74) is 1.33. The van der Waals surface area contributed by atoms with Crippen LogP contribution in [0.2, 0.25) is 0 Å². The lowest BCUT2D eigenvalue weighted by molar-refractivity contribution is -0.113. The van der Waals surface area contributed by atoms with Crippen LogP contribution in [0.5, 0.6) is 5.75 Å². The Morgan fingerprint density at radius 2 is 2.04 bits per heavy atom. The first-order chi connectivity index (χ1) is 13.1. The Hall–Kier alpha value is -3.26. The van der Waals surface area contributed by atoms with Crippen molar-refractivity contribution in [3.8, 4) is 17.3 Å². The van der Waals surface area contributed by atoms with Crippen molar-refractivity contribution in [3.63, 3.8) is 0 Å². The van der Waals surface area contributed by atoms with Crippen molar-refractivity contribution in [2.75, 3.05) is 11.1 Å². The molecular formula is C19H16N4O3S. The zero-order chi connectivity index (χ0) is 18.8. The summed E-state index contributed by atoms with van der Waals surface area (Å²) < 4.78 is 7.62. The first-order valence-corrected chi connectivity index (χ1v) is 9.19. The molecule has 0 unspecified atom stereocenters. The van der Waals surface area contributed by atoms with Crippen molar-refractivity contribution in [2.45, 2.75) is 5.16 Å². The number of nitrogens with one attached hydrogen (secondary N) is 1. The van der Waals surface area contributed by atoms with E-state index in [0.29, 0.717) is 22.4 Å². The first-order valence-electron chi connectivity index (χ1n) is 8.20. The number of benzene rings is 2. The number of nitrogens with zero attached hydrogens (tertiary/aromatic N) is 3. The summed E-state index contributed by atoms with van der Waals surface area (Å²) in [6, 6.07) is 16.1. The lowest BCUT2D eigenvalue weighted by Gasteiger charge is -2.05. The quantitative estimate of drug-likeness (QED) is 0.513. The Kier molecular flexibility index (Phi) is 4.55. The average Bonchev–Trinajstić information content (AvgIpc) is 3.23. The van der Waals surface area contributed by atoms with Crippen LogP contribution in [0.1, 0.15) is 0 Å². The molecule has 0 saturated carbocycles. The predicted octanol–water partition coefficient (Wildman–Crippen LogP) is 3.66. The zero-order valence-corrected chi connectivity index (χ0v) is 15.2. The third kappa shape index (κ3) is 3.65. The second kappa shape index (κ2) is 7.16. The Balaban J connectivity index is 1.45. The van der Waals surface area contributed by atoms with E-state index in [0.717, 1.165) is 11.0 Å². The molecule has 0 saturated heterocycles. The maximum absolute atomic E-state index is 12.1. The lowest BCUT2D eigenvalue weighted by atomic mass is 10.2. The molecule has 0 aliphatic rings. The number of rotatable bonds is 5. The van der Waals surface area contributed by atoms with E-state index in [-0.39, 0.29) is 17.4 Å². The SMILES string of the molecule is Cn1c(SCC(=O)Nc2cccc(O)c2)nnc1-c1cc2ccccc2o1. The van der Waals surface area contributed by atoms with E-state index >= 15 is 0 Å². The van der Waals surface area contributed by atoms with Gasteiger partial charge in [-0.15, -0.1) is 10.2 Å². The highest BCUT2D eigenvalue weighted by molar-refractivity contribution is 7.99. The summed E-state index contributed by atoms with van der Waals surface area (Å²) in [5.74, 6) is 1.30. The van der Waals surface area contributed by atoms with E-state index in [1.807, 2.05) is 37.4 Å². The largest absolute Gasteiger partial charge is 0.508 e. The average molecular weight is 380 g/mol. The highest BCUT2D eigenvalue weighted by Gasteiger charge is 2.16. The normalized spacial score (nSPS) is 11.0. The molecule has 1 amide bonds. The monoisotopic (exact) mass is 380 g/mol. The molecule has 0 bridgehead atoms. The van der Waals surface area contributed by atoms with Crippen LogP contribution in [0.15, 0.2) is 64.2 Å². The number of thioether (sulfide) groups is 1. The van der Waals surface area contributed by atoms with E-state index in [9.17, 15) is 9.90 Å². The number of para-hydroxylation sites is 1. The Morgan fingerprint density at radius 1 is 1.19 bits per heavy atom. The van der Waals surface area contributed by atoms with Crippen molar-refractivity contribution in [1.29, 1.82) is 0 Å². The fraction of sp³-hybridized carbons (Fsp3) is 0.105. The number of hydrogen-bond donors (Lipinski definition) is 2. The van der Waals surface area contributed by atoms with E-state index < -0.39 is 0 Å². The lowest BCUT2D eigenvalue weighted by Crippen LogP contribution is -2.14. The Bertz CT molecular complexity index is 1090. The van der Waals surface area contributed by atoms with E-state index in [4.69, 9.17) is 4.42 Å². The van der Waals surface area contributed by atoms with Gasteiger partial charge in [0.05, 0.1) is 5.75 Å². The van der Waals surface area contributed by atoms with Gasteiger partial charge in [0.25, 0.3) is 0 Å². The number of anilines is 1. The van der Waals surface area contributed by atoms with Crippen LogP contribution in [0.4, 0.5) is 5.69 Å². The summed E-state index contributed by atoms with van der Waals surface area (Å²) in [6.45, 7) is 0. The van der Waals surface area contributed by atoms with Crippen LogP contribution in [0.3, 0.4) is 0 Å². The molecule has 7 nitrogen and oxygen atoms in total. The molecule has 0 aliphatic heterocycles. The molecule has 136 valence electrons. The van der Waals surface area contributed by atoms with E-state index in [1.165, 1.54) is 17.8 Å². The van der Waals surface area contributed by atoms with Gasteiger partial charge < -0.3 is 19.4 Å². The van der Waals surface area contributed by atoms with Crippen molar-refractivity contribution in [1.82, 2.24) is 14.8 Å². The van der Waals surface area contributed by atoms with E-state index in [2.05, 4.69) is 15.5 Å². The Morgan fingerprint density at radius 3 is 2.85 bits per heavy atom. The molecule has 4 aromatic rings. The number of phenols is 1. The standard InChI is InChI=1S/C19H16N4O3S/c1-23-18(16-9-12-5-2-3-8-15(12)26-16)21-22-19(23)27-11-17(25)20-13-6-4-7-14(24)10-13/h2-10,24H,11H2,1H3,(H,20,25). The zero-order valence-electron chi connectivity index (χ0n) is 14.4. The minimum absolute atomic E-state index is 0.101. The maximum Gasteiger partial charge on any atom is 0.234 e. The van der Waals surface area contributed by atoms with Gasteiger partial charge in [-0.3, -0.25) is 4.79 Å². The highest BCUT2D eigenvalue weighted by Crippen LogP contribution is 2.28. The van der Waals surface area contributed by atoms with Crippen LogP contribution in [-0.4, -0.2) is 31.5 Å². The molecule has 2 aromatic carbocycles.